The van der Waals surface area contributed by atoms with Crippen LogP contribution in [0.15, 0.2) is 61.2 Å². The zero-order valence-corrected chi connectivity index (χ0v) is 14.4. The van der Waals surface area contributed by atoms with E-state index in [1.165, 1.54) is 0 Å². The minimum absolute atomic E-state index is 0.00648. The Morgan fingerprint density at radius 2 is 1.92 bits per heavy atom. The molecule has 0 radical (unpaired) electrons. The summed E-state index contributed by atoms with van der Waals surface area (Å²) in [7, 11) is 1.79. The molecule has 0 fully saturated rings. The van der Waals surface area contributed by atoms with Gasteiger partial charge in [-0.1, -0.05) is 29.8 Å². The maximum atomic E-state index is 11.8. The van der Waals surface area contributed by atoms with Crippen molar-refractivity contribution >= 4 is 23.3 Å². The maximum absolute atomic E-state index is 11.8. The molecule has 2 heterocycles. The van der Waals surface area contributed by atoms with Gasteiger partial charge >= 0.3 is 6.03 Å². The fourth-order valence-electron chi connectivity index (χ4n) is 3.18. The number of rotatable bonds is 3. The highest BCUT2D eigenvalue weighted by atomic mass is 35.5. The molecule has 2 amide bonds. The average Bonchev–Trinajstić information content (AvgIpc) is 3.12. The van der Waals surface area contributed by atoms with Gasteiger partial charge in [-0.05, 0) is 41.0 Å². The molecule has 1 aromatic heterocycles. The monoisotopic (exact) mass is 352 g/mol. The molecule has 5 nitrogen and oxygen atoms in total. The molecule has 1 aliphatic heterocycles. The third-order valence-electron chi connectivity index (χ3n) is 4.45. The van der Waals surface area contributed by atoms with Crippen molar-refractivity contribution in [1.29, 1.82) is 0 Å². The molecular formula is C19H17ClN4O. The first-order valence-corrected chi connectivity index (χ1v) is 8.37. The van der Waals surface area contributed by atoms with E-state index < -0.39 is 0 Å². The summed E-state index contributed by atoms with van der Waals surface area (Å²) in [4.78, 5) is 17.7. The van der Waals surface area contributed by atoms with Gasteiger partial charge in [-0.25, -0.2) is 9.78 Å². The van der Waals surface area contributed by atoms with Crippen molar-refractivity contribution < 1.29 is 4.79 Å². The molecule has 3 aromatic rings. The Morgan fingerprint density at radius 3 is 2.64 bits per heavy atom. The van der Waals surface area contributed by atoms with Crippen LogP contribution in [0, 0.1) is 0 Å². The van der Waals surface area contributed by atoms with E-state index in [0.717, 1.165) is 22.4 Å². The van der Waals surface area contributed by atoms with Crippen molar-refractivity contribution in [2.75, 3.05) is 12.4 Å². The Bertz CT molecular complexity index is 906. The van der Waals surface area contributed by atoms with Crippen molar-refractivity contribution in [3.8, 4) is 0 Å². The van der Waals surface area contributed by atoms with Crippen LogP contribution in [0.5, 0.6) is 0 Å². The SMILES string of the molecule is CN1Cc2cc(C(c3ccc(Cl)cc3)n3ccnc3)ccc2NC1=O. The number of anilines is 1. The number of nitrogens with one attached hydrogen (secondary N) is 1. The summed E-state index contributed by atoms with van der Waals surface area (Å²) < 4.78 is 2.07. The van der Waals surface area contributed by atoms with Crippen LogP contribution < -0.4 is 5.32 Å². The van der Waals surface area contributed by atoms with Gasteiger partial charge in [-0.2, -0.15) is 0 Å². The van der Waals surface area contributed by atoms with Gasteiger partial charge in [0.05, 0.1) is 12.4 Å². The largest absolute Gasteiger partial charge is 0.326 e. The molecular weight excluding hydrogens is 336 g/mol. The number of hydrogen-bond acceptors (Lipinski definition) is 2. The van der Waals surface area contributed by atoms with E-state index in [4.69, 9.17) is 11.6 Å². The second kappa shape index (κ2) is 6.26. The second-order valence-electron chi connectivity index (χ2n) is 6.17. The summed E-state index contributed by atoms with van der Waals surface area (Å²) in [6, 6.07) is 13.9. The standard InChI is InChI=1S/C19H17ClN4O/c1-23-11-15-10-14(4-7-17(15)22-19(23)25)18(24-9-8-21-12-24)13-2-5-16(20)6-3-13/h2-10,12,18H,11H2,1H3,(H,22,25). The molecule has 0 bridgehead atoms. The predicted molar refractivity (Wildman–Crippen MR) is 97.8 cm³/mol. The number of fused-ring (bicyclic) bond motifs is 1. The summed E-state index contributed by atoms with van der Waals surface area (Å²) in [6.45, 7) is 0.590. The number of hydrogen-bond donors (Lipinski definition) is 1. The number of carbonyl (C=O) groups is 1. The summed E-state index contributed by atoms with van der Waals surface area (Å²) in [5.74, 6) is 0. The van der Waals surface area contributed by atoms with Gasteiger partial charge in [-0.3, -0.25) is 0 Å². The highest BCUT2D eigenvalue weighted by molar-refractivity contribution is 6.30. The minimum atomic E-state index is -0.0795. The van der Waals surface area contributed by atoms with E-state index in [2.05, 4.69) is 20.9 Å². The molecule has 0 aliphatic carbocycles. The van der Waals surface area contributed by atoms with Crippen LogP contribution in [0.25, 0.3) is 0 Å². The lowest BCUT2D eigenvalue weighted by molar-refractivity contribution is 0.218. The fourth-order valence-corrected chi connectivity index (χ4v) is 3.30. The zero-order valence-electron chi connectivity index (χ0n) is 13.7. The molecule has 1 unspecified atom stereocenters. The third kappa shape index (κ3) is 2.98. The van der Waals surface area contributed by atoms with Gasteiger partial charge in [0, 0.05) is 36.7 Å². The quantitative estimate of drug-likeness (QED) is 0.769. The fraction of sp³-hybridized carbons (Fsp3) is 0.158. The lowest BCUT2D eigenvalue weighted by Gasteiger charge is -2.28. The molecule has 4 rings (SSSR count). The first-order valence-electron chi connectivity index (χ1n) is 7.99. The summed E-state index contributed by atoms with van der Waals surface area (Å²) in [5, 5.41) is 3.62. The van der Waals surface area contributed by atoms with Crippen LogP contribution >= 0.6 is 11.6 Å². The topological polar surface area (TPSA) is 50.2 Å². The molecule has 126 valence electrons. The van der Waals surface area contributed by atoms with Gasteiger partial charge in [0.1, 0.15) is 0 Å². The van der Waals surface area contributed by atoms with E-state index in [0.29, 0.717) is 11.6 Å². The van der Waals surface area contributed by atoms with Crippen LogP contribution in [0.4, 0.5) is 10.5 Å². The number of urea groups is 1. The molecule has 0 saturated heterocycles. The predicted octanol–water partition coefficient (Wildman–Crippen LogP) is 4.15. The number of carbonyl (C=O) groups excluding carboxylic acids is 1. The first-order chi connectivity index (χ1) is 12.1. The molecule has 1 atom stereocenters. The van der Waals surface area contributed by atoms with Gasteiger partial charge in [-0.15, -0.1) is 0 Å². The van der Waals surface area contributed by atoms with E-state index >= 15 is 0 Å². The van der Waals surface area contributed by atoms with E-state index in [1.54, 1.807) is 18.1 Å². The molecule has 1 aliphatic rings. The van der Waals surface area contributed by atoms with Crippen molar-refractivity contribution in [3.63, 3.8) is 0 Å². The summed E-state index contributed by atoms with van der Waals surface area (Å²) >= 11 is 6.05. The minimum Gasteiger partial charge on any atom is -0.326 e. The van der Waals surface area contributed by atoms with Gasteiger partial charge in [0.2, 0.25) is 0 Å². The Hall–Kier alpha value is -2.79. The van der Waals surface area contributed by atoms with Crippen LogP contribution in [0.2, 0.25) is 5.02 Å². The Balaban J connectivity index is 1.79. The maximum Gasteiger partial charge on any atom is 0.321 e. The first kappa shape index (κ1) is 15.7. The lowest BCUT2D eigenvalue weighted by Crippen LogP contribution is -2.35. The highest BCUT2D eigenvalue weighted by Crippen LogP contribution is 2.32. The normalized spacial score (nSPS) is 14.8. The molecule has 0 saturated carbocycles. The second-order valence-corrected chi connectivity index (χ2v) is 6.60. The summed E-state index contributed by atoms with van der Waals surface area (Å²) in [5.41, 5.74) is 4.21. The average molecular weight is 353 g/mol. The van der Waals surface area contributed by atoms with Gasteiger partial charge in [0.25, 0.3) is 0 Å². The Labute approximate surface area is 150 Å². The molecule has 0 spiro atoms. The zero-order chi connectivity index (χ0) is 17.4. The van der Waals surface area contributed by atoms with Crippen molar-refractivity contribution in [1.82, 2.24) is 14.5 Å². The van der Waals surface area contributed by atoms with Crippen LogP contribution in [-0.4, -0.2) is 27.5 Å². The van der Waals surface area contributed by atoms with Crippen molar-refractivity contribution in [3.05, 3.63) is 82.9 Å². The number of amides is 2. The van der Waals surface area contributed by atoms with Crippen LogP contribution in [0.3, 0.4) is 0 Å². The van der Waals surface area contributed by atoms with Crippen LogP contribution in [0.1, 0.15) is 22.7 Å². The van der Waals surface area contributed by atoms with Crippen molar-refractivity contribution in [2.45, 2.75) is 12.6 Å². The van der Waals surface area contributed by atoms with Gasteiger partial charge in [0.15, 0.2) is 0 Å². The van der Waals surface area contributed by atoms with Gasteiger partial charge < -0.3 is 14.8 Å². The number of aromatic nitrogens is 2. The van der Waals surface area contributed by atoms with Crippen LogP contribution in [-0.2, 0) is 6.54 Å². The number of benzene rings is 2. The smallest absolute Gasteiger partial charge is 0.321 e. The molecule has 2 aromatic carbocycles. The molecule has 6 heteroatoms. The molecule has 25 heavy (non-hydrogen) atoms. The van der Waals surface area contributed by atoms with E-state index in [-0.39, 0.29) is 12.1 Å². The highest BCUT2D eigenvalue weighted by Gasteiger charge is 2.22. The summed E-state index contributed by atoms with van der Waals surface area (Å²) in [6.07, 6.45) is 5.54. The lowest BCUT2D eigenvalue weighted by atomic mass is 9.95. The number of halogens is 1. The Kier molecular flexibility index (Phi) is 3.93. The molecule has 1 N–H and O–H groups in total. The third-order valence-corrected chi connectivity index (χ3v) is 4.70. The number of nitrogens with zero attached hydrogens (tertiary/aromatic N) is 3. The van der Waals surface area contributed by atoms with E-state index in [9.17, 15) is 4.79 Å². The van der Waals surface area contributed by atoms with Crippen molar-refractivity contribution in [2.24, 2.45) is 0 Å². The Morgan fingerprint density at radius 1 is 1.16 bits per heavy atom. The number of imidazole rings is 1. The van der Waals surface area contributed by atoms with E-state index in [1.807, 2.05) is 48.9 Å².